The standard InChI is InChI=1S/C9H16N4/c1-12-4-3-8-7(9(12)5-10)6-13(2)11-8/h6,9H,3-5,10H2,1-2H3. The summed E-state index contributed by atoms with van der Waals surface area (Å²) in [4.78, 5) is 2.30. The number of fused-ring (bicyclic) bond motifs is 1. The Bertz CT molecular complexity index is 305. The molecular weight excluding hydrogens is 164 g/mol. The molecule has 1 aromatic heterocycles. The molecule has 0 bridgehead atoms. The predicted molar refractivity (Wildman–Crippen MR) is 51.3 cm³/mol. The first kappa shape index (κ1) is 8.72. The van der Waals surface area contributed by atoms with Gasteiger partial charge in [-0.05, 0) is 7.05 Å². The van der Waals surface area contributed by atoms with Crippen LogP contribution in [-0.4, -0.2) is 34.8 Å². The van der Waals surface area contributed by atoms with Crippen molar-refractivity contribution in [3.05, 3.63) is 17.5 Å². The molecule has 0 spiro atoms. The van der Waals surface area contributed by atoms with Crippen molar-refractivity contribution in [2.75, 3.05) is 20.1 Å². The van der Waals surface area contributed by atoms with Crippen LogP contribution in [0.4, 0.5) is 0 Å². The van der Waals surface area contributed by atoms with Gasteiger partial charge in [-0.25, -0.2) is 0 Å². The third-order valence-electron chi connectivity index (χ3n) is 2.75. The molecule has 2 rings (SSSR count). The summed E-state index contributed by atoms with van der Waals surface area (Å²) in [5, 5.41) is 4.42. The van der Waals surface area contributed by atoms with Gasteiger partial charge in [0.2, 0.25) is 0 Å². The molecule has 0 saturated heterocycles. The van der Waals surface area contributed by atoms with E-state index >= 15 is 0 Å². The second-order valence-electron chi connectivity index (χ2n) is 3.69. The Hall–Kier alpha value is -0.870. The highest BCUT2D eigenvalue weighted by atomic mass is 15.3. The minimum absolute atomic E-state index is 0.359. The van der Waals surface area contributed by atoms with Gasteiger partial charge >= 0.3 is 0 Å². The zero-order valence-electron chi connectivity index (χ0n) is 8.20. The first-order valence-electron chi connectivity index (χ1n) is 4.65. The van der Waals surface area contributed by atoms with Crippen molar-refractivity contribution in [2.24, 2.45) is 12.8 Å². The van der Waals surface area contributed by atoms with Crippen molar-refractivity contribution in [1.29, 1.82) is 0 Å². The topological polar surface area (TPSA) is 47.1 Å². The summed E-state index contributed by atoms with van der Waals surface area (Å²) < 4.78 is 1.88. The number of likely N-dealkylation sites (N-methyl/N-ethyl adjacent to an activating group) is 1. The monoisotopic (exact) mass is 180 g/mol. The van der Waals surface area contributed by atoms with Gasteiger partial charge in [-0.3, -0.25) is 9.58 Å². The van der Waals surface area contributed by atoms with E-state index in [2.05, 4.69) is 23.2 Å². The van der Waals surface area contributed by atoms with Gasteiger partial charge in [0.25, 0.3) is 0 Å². The lowest BCUT2D eigenvalue weighted by Gasteiger charge is -2.30. The molecule has 1 aliphatic rings. The van der Waals surface area contributed by atoms with Crippen LogP contribution in [0.15, 0.2) is 6.20 Å². The number of nitrogens with zero attached hydrogens (tertiary/aromatic N) is 3. The summed E-state index contributed by atoms with van der Waals surface area (Å²) in [7, 11) is 4.08. The average Bonchev–Trinajstić information content (AvgIpc) is 2.45. The van der Waals surface area contributed by atoms with Crippen molar-refractivity contribution in [1.82, 2.24) is 14.7 Å². The summed E-state index contributed by atoms with van der Waals surface area (Å²) >= 11 is 0. The molecular formula is C9H16N4. The zero-order valence-corrected chi connectivity index (χ0v) is 8.20. The number of nitrogens with two attached hydrogens (primary N) is 1. The van der Waals surface area contributed by atoms with Crippen LogP contribution in [0.3, 0.4) is 0 Å². The Balaban J connectivity index is 2.38. The summed E-state index contributed by atoms with van der Waals surface area (Å²) in [5.74, 6) is 0. The van der Waals surface area contributed by atoms with Crippen molar-refractivity contribution < 1.29 is 0 Å². The van der Waals surface area contributed by atoms with E-state index in [-0.39, 0.29) is 0 Å². The SMILES string of the molecule is CN1CCc2nn(C)cc2C1CN. The molecule has 2 heterocycles. The van der Waals surface area contributed by atoms with E-state index in [1.165, 1.54) is 11.3 Å². The number of hydrogen-bond donors (Lipinski definition) is 1. The molecule has 0 aromatic carbocycles. The van der Waals surface area contributed by atoms with Crippen LogP contribution in [-0.2, 0) is 13.5 Å². The van der Waals surface area contributed by atoms with E-state index in [1.54, 1.807) is 0 Å². The Kier molecular flexibility index (Phi) is 2.09. The zero-order chi connectivity index (χ0) is 9.42. The number of rotatable bonds is 1. The normalized spacial score (nSPS) is 23.2. The van der Waals surface area contributed by atoms with Crippen LogP contribution in [0.2, 0.25) is 0 Å². The van der Waals surface area contributed by atoms with Crippen molar-refractivity contribution >= 4 is 0 Å². The Morgan fingerprint density at radius 2 is 2.38 bits per heavy atom. The summed E-state index contributed by atoms with van der Waals surface area (Å²) in [6, 6.07) is 0.359. The fourth-order valence-electron chi connectivity index (χ4n) is 2.01. The predicted octanol–water partition coefficient (Wildman–Crippen LogP) is -0.0922. The number of aryl methyl sites for hydroxylation is 1. The van der Waals surface area contributed by atoms with E-state index in [4.69, 9.17) is 5.73 Å². The van der Waals surface area contributed by atoms with Gasteiger partial charge in [0.15, 0.2) is 0 Å². The Labute approximate surface area is 78.3 Å². The van der Waals surface area contributed by atoms with Crippen LogP contribution in [0, 0.1) is 0 Å². The van der Waals surface area contributed by atoms with E-state index in [0.717, 1.165) is 13.0 Å². The van der Waals surface area contributed by atoms with Crippen molar-refractivity contribution in [2.45, 2.75) is 12.5 Å². The minimum Gasteiger partial charge on any atom is -0.329 e. The fraction of sp³-hybridized carbons (Fsp3) is 0.667. The van der Waals surface area contributed by atoms with E-state index < -0.39 is 0 Å². The maximum Gasteiger partial charge on any atom is 0.0685 e. The van der Waals surface area contributed by atoms with Crippen LogP contribution in [0.1, 0.15) is 17.3 Å². The third-order valence-corrected chi connectivity index (χ3v) is 2.75. The average molecular weight is 180 g/mol. The first-order chi connectivity index (χ1) is 6.22. The first-order valence-corrected chi connectivity index (χ1v) is 4.65. The van der Waals surface area contributed by atoms with Crippen LogP contribution < -0.4 is 5.73 Å². The summed E-state index contributed by atoms with van der Waals surface area (Å²) in [6.07, 6.45) is 3.13. The fourth-order valence-corrected chi connectivity index (χ4v) is 2.01. The molecule has 4 nitrogen and oxygen atoms in total. The molecule has 2 N–H and O–H groups in total. The van der Waals surface area contributed by atoms with Crippen molar-refractivity contribution in [3.8, 4) is 0 Å². The van der Waals surface area contributed by atoms with Gasteiger partial charge in [0, 0.05) is 38.3 Å². The molecule has 1 aromatic rings. The lowest BCUT2D eigenvalue weighted by Crippen LogP contribution is -2.36. The smallest absolute Gasteiger partial charge is 0.0685 e. The lowest BCUT2D eigenvalue weighted by atomic mass is 10.0. The third kappa shape index (κ3) is 1.36. The quantitative estimate of drug-likeness (QED) is 0.657. The molecule has 0 fully saturated rings. The molecule has 0 radical (unpaired) electrons. The second-order valence-corrected chi connectivity index (χ2v) is 3.69. The molecule has 1 aliphatic heterocycles. The van der Waals surface area contributed by atoms with Gasteiger partial charge in [-0.15, -0.1) is 0 Å². The molecule has 0 amide bonds. The molecule has 1 unspecified atom stereocenters. The van der Waals surface area contributed by atoms with Gasteiger partial charge in [0.1, 0.15) is 0 Å². The number of aromatic nitrogens is 2. The van der Waals surface area contributed by atoms with Gasteiger partial charge in [-0.1, -0.05) is 0 Å². The number of hydrogen-bond acceptors (Lipinski definition) is 3. The molecule has 1 atom stereocenters. The highest BCUT2D eigenvalue weighted by Gasteiger charge is 2.25. The van der Waals surface area contributed by atoms with Crippen LogP contribution >= 0.6 is 0 Å². The van der Waals surface area contributed by atoms with Crippen LogP contribution in [0.5, 0.6) is 0 Å². The van der Waals surface area contributed by atoms with E-state index in [1.807, 2.05) is 11.7 Å². The van der Waals surface area contributed by atoms with Gasteiger partial charge in [0.05, 0.1) is 11.7 Å². The Morgan fingerprint density at radius 3 is 3.08 bits per heavy atom. The largest absolute Gasteiger partial charge is 0.329 e. The summed E-state index contributed by atoms with van der Waals surface area (Å²) in [6.45, 7) is 1.74. The van der Waals surface area contributed by atoms with E-state index in [0.29, 0.717) is 12.6 Å². The lowest BCUT2D eigenvalue weighted by molar-refractivity contribution is 0.235. The van der Waals surface area contributed by atoms with Gasteiger partial charge < -0.3 is 5.73 Å². The molecule has 13 heavy (non-hydrogen) atoms. The second kappa shape index (κ2) is 3.12. The maximum absolute atomic E-state index is 5.74. The Morgan fingerprint density at radius 1 is 1.62 bits per heavy atom. The molecule has 72 valence electrons. The van der Waals surface area contributed by atoms with Crippen molar-refractivity contribution in [3.63, 3.8) is 0 Å². The minimum atomic E-state index is 0.359. The highest BCUT2D eigenvalue weighted by Crippen LogP contribution is 2.26. The maximum atomic E-state index is 5.74. The molecule has 0 aliphatic carbocycles. The summed E-state index contributed by atoms with van der Waals surface area (Å²) in [5.41, 5.74) is 8.26. The van der Waals surface area contributed by atoms with Crippen LogP contribution in [0.25, 0.3) is 0 Å². The van der Waals surface area contributed by atoms with Gasteiger partial charge in [-0.2, -0.15) is 5.10 Å². The molecule has 4 heteroatoms. The van der Waals surface area contributed by atoms with E-state index in [9.17, 15) is 0 Å². The highest BCUT2D eigenvalue weighted by molar-refractivity contribution is 5.24. The molecule has 0 saturated carbocycles.